The van der Waals surface area contributed by atoms with Crippen molar-refractivity contribution in [3.8, 4) is 0 Å². The number of halogens is 1. The Morgan fingerprint density at radius 2 is 2.10 bits per heavy atom. The third-order valence-electron chi connectivity index (χ3n) is 3.48. The maximum atomic E-state index is 11.9. The van der Waals surface area contributed by atoms with Gasteiger partial charge in [-0.05, 0) is 13.0 Å². The van der Waals surface area contributed by atoms with E-state index >= 15 is 0 Å². The lowest BCUT2D eigenvalue weighted by atomic mass is 10.1. The SMILES string of the molecule is CC(=O)c1cc(Cl)c2cncn2c1N1CCS(=O)CC1. The lowest BCUT2D eigenvalue weighted by Gasteiger charge is -2.30. The maximum Gasteiger partial charge on any atom is 0.163 e. The lowest BCUT2D eigenvalue weighted by Crippen LogP contribution is -2.39. The highest BCUT2D eigenvalue weighted by Gasteiger charge is 2.23. The number of carbonyl (C=O) groups is 1. The molecule has 0 radical (unpaired) electrons. The van der Waals surface area contributed by atoms with Gasteiger partial charge >= 0.3 is 0 Å². The van der Waals surface area contributed by atoms with E-state index in [1.54, 1.807) is 18.6 Å². The molecule has 3 rings (SSSR count). The zero-order valence-corrected chi connectivity index (χ0v) is 12.6. The van der Waals surface area contributed by atoms with Crippen LogP contribution in [-0.2, 0) is 10.8 Å². The second-order valence-electron chi connectivity index (χ2n) is 4.77. The van der Waals surface area contributed by atoms with Gasteiger partial charge in [0, 0.05) is 35.4 Å². The standard InChI is InChI=1S/C13H14ClN3O2S/c1-9(18)10-6-11(14)12-7-15-8-17(12)13(10)16-2-4-20(19)5-3-16/h6-8H,2-5H2,1H3. The van der Waals surface area contributed by atoms with E-state index in [2.05, 4.69) is 9.88 Å². The van der Waals surface area contributed by atoms with Crippen LogP contribution < -0.4 is 4.90 Å². The van der Waals surface area contributed by atoms with Crippen LogP contribution >= 0.6 is 11.6 Å². The highest BCUT2D eigenvalue weighted by molar-refractivity contribution is 7.85. The Hall–Kier alpha value is -1.40. The molecule has 0 spiro atoms. The Kier molecular flexibility index (Phi) is 3.52. The van der Waals surface area contributed by atoms with Crippen LogP contribution in [-0.4, -0.2) is 44.0 Å². The number of ketones is 1. The summed E-state index contributed by atoms with van der Waals surface area (Å²) in [5, 5.41) is 0.511. The molecule has 0 unspecified atom stereocenters. The van der Waals surface area contributed by atoms with Gasteiger partial charge in [-0.1, -0.05) is 11.6 Å². The van der Waals surface area contributed by atoms with Crippen molar-refractivity contribution >= 4 is 39.5 Å². The molecule has 0 aromatic carbocycles. The first-order chi connectivity index (χ1) is 9.58. The summed E-state index contributed by atoms with van der Waals surface area (Å²) in [5.74, 6) is 2.00. The molecule has 5 nitrogen and oxygen atoms in total. The molecule has 0 atom stereocenters. The van der Waals surface area contributed by atoms with Gasteiger partial charge in [-0.25, -0.2) is 4.98 Å². The number of Topliss-reactive ketones (excluding diaryl/α,β-unsaturated/α-hetero) is 1. The van der Waals surface area contributed by atoms with E-state index in [-0.39, 0.29) is 5.78 Å². The largest absolute Gasteiger partial charge is 0.355 e. The van der Waals surface area contributed by atoms with Crippen molar-refractivity contribution in [1.82, 2.24) is 9.38 Å². The molecule has 1 aliphatic heterocycles. The smallest absolute Gasteiger partial charge is 0.163 e. The molecular formula is C13H14ClN3O2S. The van der Waals surface area contributed by atoms with Gasteiger partial charge in [-0.3, -0.25) is 13.4 Å². The molecule has 0 aliphatic carbocycles. The third kappa shape index (κ3) is 2.23. The fraction of sp³-hybridized carbons (Fsp3) is 0.385. The fourth-order valence-corrected chi connectivity index (χ4v) is 3.77. The van der Waals surface area contributed by atoms with Crippen LogP contribution in [0.1, 0.15) is 17.3 Å². The Morgan fingerprint density at radius 3 is 2.75 bits per heavy atom. The van der Waals surface area contributed by atoms with Gasteiger partial charge in [0.25, 0.3) is 0 Å². The number of carbonyl (C=O) groups excluding carboxylic acids is 1. The van der Waals surface area contributed by atoms with Gasteiger partial charge in [0.2, 0.25) is 0 Å². The summed E-state index contributed by atoms with van der Waals surface area (Å²) in [5.41, 5.74) is 1.35. The Labute approximate surface area is 124 Å². The van der Waals surface area contributed by atoms with Crippen LogP contribution in [0, 0.1) is 0 Å². The summed E-state index contributed by atoms with van der Waals surface area (Å²) in [6, 6.07) is 1.70. The van der Waals surface area contributed by atoms with Crippen molar-refractivity contribution in [3.63, 3.8) is 0 Å². The highest BCUT2D eigenvalue weighted by atomic mass is 35.5. The average molecular weight is 312 g/mol. The second-order valence-corrected chi connectivity index (χ2v) is 6.87. The van der Waals surface area contributed by atoms with E-state index in [0.29, 0.717) is 35.2 Å². The van der Waals surface area contributed by atoms with Crippen molar-refractivity contribution in [3.05, 3.63) is 29.2 Å². The summed E-state index contributed by atoms with van der Waals surface area (Å²) in [4.78, 5) is 18.1. The van der Waals surface area contributed by atoms with E-state index < -0.39 is 10.8 Å². The Bertz CT molecular complexity index is 703. The Morgan fingerprint density at radius 1 is 1.40 bits per heavy atom. The predicted molar refractivity (Wildman–Crippen MR) is 80.3 cm³/mol. The van der Waals surface area contributed by atoms with Gasteiger partial charge in [-0.2, -0.15) is 0 Å². The minimum Gasteiger partial charge on any atom is -0.355 e. The number of hydrogen-bond donors (Lipinski definition) is 0. The summed E-state index contributed by atoms with van der Waals surface area (Å²) in [6.07, 6.45) is 3.34. The van der Waals surface area contributed by atoms with Crippen LogP contribution in [0.2, 0.25) is 5.02 Å². The number of anilines is 1. The minimum absolute atomic E-state index is 0.0378. The molecule has 0 saturated carbocycles. The van der Waals surface area contributed by atoms with Crippen molar-refractivity contribution in [2.24, 2.45) is 0 Å². The van der Waals surface area contributed by atoms with Gasteiger partial charge in [0.05, 0.1) is 22.3 Å². The zero-order chi connectivity index (χ0) is 14.3. The number of aromatic nitrogens is 2. The number of hydrogen-bond acceptors (Lipinski definition) is 4. The quantitative estimate of drug-likeness (QED) is 0.793. The van der Waals surface area contributed by atoms with E-state index in [0.717, 1.165) is 11.3 Å². The number of pyridine rings is 1. The zero-order valence-electron chi connectivity index (χ0n) is 11.0. The van der Waals surface area contributed by atoms with E-state index in [4.69, 9.17) is 11.6 Å². The Balaban J connectivity index is 2.18. The summed E-state index contributed by atoms with van der Waals surface area (Å²) >= 11 is 6.20. The number of nitrogens with zero attached hydrogens (tertiary/aromatic N) is 3. The molecule has 2 aromatic rings. The average Bonchev–Trinajstić information content (AvgIpc) is 2.89. The van der Waals surface area contributed by atoms with E-state index in [9.17, 15) is 9.00 Å². The summed E-state index contributed by atoms with van der Waals surface area (Å²) < 4.78 is 13.3. The normalized spacial score (nSPS) is 16.8. The van der Waals surface area contributed by atoms with E-state index in [1.807, 2.05) is 4.40 Å². The highest BCUT2D eigenvalue weighted by Crippen LogP contribution is 2.29. The van der Waals surface area contributed by atoms with Crippen LogP contribution in [0.15, 0.2) is 18.6 Å². The summed E-state index contributed by atoms with van der Waals surface area (Å²) in [6.45, 7) is 2.86. The molecule has 1 saturated heterocycles. The number of fused-ring (bicyclic) bond motifs is 1. The van der Waals surface area contributed by atoms with Gasteiger partial charge in [0.15, 0.2) is 5.78 Å². The monoisotopic (exact) mass is 311 g/mol. The van der Waals surface area contributed by atoms with Crippen LogP contribution in [0.5, 0.6) is 0 Å². The van der Waals surface area contributed by atoms with Crippen molar-refractivity contribution < 1.29 is 9.00 Å². The van der Waals surface area contributed by atoms with Gasteiger partial charge in [-0.15, -0.1) is 0 Å². The van der Waals surface area contributed by atoms with E-state index in [1.165, 1.54) is 6.92 Å². The van der Waals surface area contributed by atoms with Crippen molar-refractivity contribution in [2.45, 2.75) is 6.92 Å². The van der Waals surface area contributed by atoms with Crippen LogP contribution in [0.4, 0.5) is 5.82 Å². The first-order valence-corrected chi connectivity index (χ1v) is 8.20. The number of imidazole rings is 1. The molecule has 0 bridgehead atoms. The van der Waals surface area contributed by atoms with Gasteiger partial charge in [0.1, 0.15) is 12.1 Å². The molecule has 0 N–H and O–H groups in total. The second kappa shape index (κ2) is 5.18. The van der Waals surface area contributed by atoms with Gasteiger partial charge < -0.3 is 4.90 Å². The third-order valence-corrected chi connectivity index (χ3v) is 5.06. The molecule has 3 heterocycles. The van der Waals surface area contributed by atoms with Crippen LogP contribution in [0.25, 0.3) is 5.52 Å². The molecule has 1 aliphatic rings. The molecule has 1 fully saturated rings. The lowest BCUT2D eigenvalue weighted by molar-refractivity contribution is 0.101. The van der Waals surface area contributed by atoms with Crippen LogP contribution in [0.3, 0.4) is 0 Å². The molecular weight excluding hydrogens is 298 g/mol. The molecule has 2 aromatic heterocycles. The topological polar surface area (TPSA) is 54.7 Å². The molecule has 20 heavy (non-hydrogen) atoms. The van der Waals surface area contributed by atoms with Crippen molar-refractivity contribution in [1.29, 1.82) is 0 Å². The molecule has 0 amide bonds. The summed E-state index contributed by atoms with van der Waals surface area (Å²) in [7, 11) is -0.758. The number of rotatable bonds is 2. The van der Waals surface area contributed by atoms with Crippen molar-refractivity contribution in [2.75, 3.05) is 29.5 Å². The first-order valence-electron chi connectivity index (χ1n) is 6.33. The predicted octanol–water partition coefficient (Wildman–Crippen LogP) is 1.76. The first kappa shape index (κ1) is 13.6. The minimum atomic E-state index is -0.758. The maximum absolute atomic E-state index is 11.9. The fourth-order valence-electron chi connectivity index (χ4n) is 2.47. The molecule has 7 heteroatoms. The molecule has 106 valence electrons.